The van der Waals surface area contributed by atoms with Crippen molar-refractivity contribution in [3.05, 3.63) is 35.9 Å². The van der Waals surface area contributed by atoms with Crippen molar-refractivity contribution in [2.24, 2.45) is 5.92 Å². The summed E-state index contributed by atoms with van der Waals surface area (Å²) in [7, 11) is 0. The van der Waals surface area contributed by atoms with Crippen LogP contribution in [0.5, 0.6) is 0 Å². The van der Waals surface area contributed by atoms with Gasteiger partial charge in [0.05, 0.1) is 5.92 Å². The average molecular weight is 286 g/mol. The molecular weight excluding hydrogens is 260 g/mol. The van der Waals surface area contributed by atoms with Crippen LogP contribution in [0.1, 0.15) is 44.1 Å². The molecule has 114 valence electrons. The predicted molar refractivity (Wildman–Crippen MR) is 85.2 cm³/mol. The topological polar surface area (TPSA) is 41.1 Å². The van der Waals surface area contributed by atoms with Crippen molar-refractivity contribution < 1.29 is 4.79 Å². The van der Waals surface area contributed by atoms with Crippen molar-refractivity contribution in [3.8, 4) is 0 Å². The first-order valence-electron chi connectivity index (χ1n) is 8.34. The largest absolute Gasteiger partial charge is 0.355 e. The maximum absolute atomic E-state index is 12.4. The van der Waals surface area contributed by atoms with Gasteiger partial charge >= 0.3 is 0 Å². The van der Waals surface area contributed by atoms with Crippen LogP contribution in [0.2, 0.25) is 0 Å². The van der Waals surface area contributed by atoms with Crippen LogP contribution in [0.3, 0.4) is 0 Å². The van der Waals surface area contributed by atoms with E-state index < -0.39 is 0 Å². The molecule has 21 heavy (non-hydrogen) atoms. The van der Waals surface area contributed by atoms with Gasteiger partial charge < -0.3 is 10.6 Å². The minimum Gasteiger partial charge on any atom is -0.355 e. The lowest BCUT2D eigenvalue weighted by atomic mass is 9.78. The van der Waals surface area contributed by atoms with Crippen molar-refractivity contribution in [3.63, 3.8) is 0 Å². The quantitative estimate of drug-likeness (QED) is 0.893. The maximum Gasteiger partial charge on any atom is 0.224 e. The summed E-state index contributed by atoms with van der Waals surface area (Å²) in [5, 5.41) is 6.58. The number of nitrogens with one attached hydrogen (secondary N) is 2. The van der Waals surface area contributed by atoms with Gasteiger partial charge in [-0.15, -0.1) is 0 Å². The van der Waals surface area contributed by atoms with Crippen LogP contribution in [0, 0.1) is 5.92 Å². The Morgan fingerprint density at radius 1 is 1.19 bits per heavy atom. The lowest BCUT2D eigenvalue weighted by Gasteiger charge is -2.31. The van der Waals surface area contributed by atoms with Gasteiger partial charge in [0, 0.05) is 18.5 Å². The first-order valence-corrected chi connectivity index (χ1v) is 8.34. The Morgan fingerprint density at radius 2 is 1.95 bits per heavy atom. The highest BCUT2D eigenvalue weighted by Gasteiger charge is 2.36. The summed E-state index contributed by atoms with van der Waals surface area (Å²) in [6.07, 6.45) is 7.07. The first-order chi connectivity index (χ1) is 10.3. The highest BCUT2D eigenvalue weighted by Crippen LogP contribution is 2.40. The lowest BCUT2D eigenvalue weighted by Crippen LogP contribution is -2.45. The number of benzene rings is 1. The van der Waals surface area contributed by atoms with E-state index in [1.54, 1.807) is 0 Å². The molecular formula is C18H26N2O. The summed E-state index contributed by atoms with van der Waals surface area (Å²) in [5.41, 5.74) is 1.56. The molecule has 3 nitrogen and oxygen atoms in total. The minimum absolute atomic E-state index is 0.160. The van der Waals surface area contributed by atoms with Crippen molar-refractivity contribution in [1.82, 2.24) is 10.6 Å². The van der Waals surface area contributed by atoms with Gasteiger partial charge in [-0.25, -0.2) is 0 Å². The van der Waals surface area contributed by atoms with Crippen LogP contribution in [-0.4, -0.2) is 25.5 Å². The molecule has 1 heterocycles. The zero-order chi connectivity index (χ0) is 14.5. The Kier molecular flexibility index (Phi) is 4.59. The van der Waals surface area contributed by atoms with Gasteiger partial charge in [-0.3, -0.25) is 4.79 Å². The smallest absolute Gasteiger partial charge is 0.224 e. The number of carbonyl (C=O) groups is 1. The number of amides is 1. The van der Waals surface area contributed by atoms with Crippen molar-refractivity contribution in [2.45, 2.75) is 43.9 Å². The summed E-state index contributed by atoms with van der Waals surface area (Å²) >= 11 is 0. The average Bonchev–Trinajstić information content (AvgIpc) is 3.04. The lowest BCUT2D eigenvalue weighted by molar-refractivity contribution is -0.125. The highest BCUT2D eigenvalue weighted by molar-refractivity contribution is 5.79. The molecule has 3 rings (SSSR count). The molecule has 0 aromatic heterocycles. The van der Waals surface area contributed by atoms with Crippen molar-refractivity contribution in [1.29, 1.82) is 0 Å². The van der Waals surface area contributed by atoms with Gasteiger partial charge in [0.25, 0.3) is 0 Å². The standard InChI is InChI=1S/C18H26N2O/c21-17(15-7-6-12-19-13-15)20-14-18(10-4-5-11-18)16-8-2-1-3-9-16/h1-3,8-9,15,19H,4-7,10-14H2,(H,20,21). The second-order valence-electron chi connectivity index (χ2n) is 6.61. The van der Waals surface area contributed by atoms with E-state index in [0.29, 0.717) is 0 Å². The van der Waals surface area contributed by atoms with Crippen molar-refractivity contribution >= 4 is 5.91 Å². The fourth-order valence-corrected chi connectivity index (χ4v) is 3.89. The molecule has 3 heteroatoms. The number of rotatable bonds is 4. The van der Waals surface area contributed by atoms with E-state index in [-0.39, 0.29) is 17.2 Å². The van der Waals surface area contributed by atoms with E-state index in [4.69, 9.17) is 0 Å². The molecule has 1 saturated heterocycles. The van der Waals surface area contributed by atoms with Gasteiger partial charge in [-0.05, 0) is 37.8 Å². The van der Waals surface area contributed by atoms with Crippen LogP contribution >= 0.6 is 0 Å². The fraction of sp³-hybridized carbons (Fsp3) is 0.611. The second kappa shape index (κ2) is 6.61. The van der Waals surface area contributed by atoms with Gasteiger partial charge in [0.2, 0.25) is 5.91 Å². The zero-order valence-electron chi connectivity index (χ0n) is 12.7. The van der Waals surface area contributed by atoms with E-state index in [0.717, 1.165) is 32.5 Å². The molecule has 1 aliphatic carbocycles. The third-order valence-electron chi connectivity index (χ3n) is 5.22. The third kappa shape index (κ3) is 3.29. The fourth-order valence-electron chi connectivity index (χ4n) is 3.89. The number of hydrogen-bond donors (Lipinski definition) is 2. The summed E-state index contributed by atoms with van der Waals surface area (Å²) in [4.78, 5) is 12.4. The van der Waals surface area contributed by atoms with Crippen LogP contribution in [0.15, 0.2) is 30.3 Å². The Balaban J connectivity index is 1.64. The second-order valence-corrected chi connectivity index (χ2v) is 6.61. The summed E-state index contributed by atoms with van der Waals surface area (Å²) in [6.45, 7) is 2.69. The highest BCUT2D eigenvalue weighted by atomic mass is 16.1. The molecule has 1 aromatic carbocycles. The molecule has 1 aliphatic heterocycles. The molecule has 2 aliphatic rings. The van der Waals surface area contributed by atoms with Gasteiger partial charge in [0.15, 0.2) is 0 Å². The molecule has 0 spiro atoms. The van der Waals surface area contributed by atoms with Gasteiger partial charge in [-0.1, -0.05) is 43.2 Å². The van der Waals surface area contributed by atoms with Crippen molar-refractivity contribution in [2.75, 3.05) is 19.6 Å². The molecule has 1 unspecified atom stereocenters. The monoisotopic (exact) mass is 286 g/mol. The van der Waals surface area contributed by atoms with Gasteiger partial charge in [0.1, 0.15) is 0 Å². The molecule has 0 bridgehead atoms. The third-order valence-corrected chi connectivity index (χ3v) is 5.22. The molecule has 0 radical (unpaired) electrons. The SMILES string of the molecule is O=C(NCC1(c2ccccc2)CCCC1)C1CCCNC1. The normalized spacial score (nSPS) is 24.7. The van der Waals surface area contributed by atoms with Crippen LogP contribution < -0.4 is 10.6 Å². The number of carbonyl (C=O) groups excluding carboxylic acids is 1. The summed E-state index contributed by atoms with van der Waals surface area (Å²) in [6, 6.07) is 10.7. The van der Waals surface area contributed by atoms with E-state index in [1.807, 2.05) is 0 Å². The molecule has 1 atom stereocenters. The number of hydrogen-bond acceptors (Lipinski definition) is 2. The van der Waals surface area contributed by atoms with E-state index in [1.165, 1.54) is 31.2 Å². The Bertz CT molecular complexity index is 459. The number of piperidine rings is 1. The summed E-state index contributed by atoms with van der Waals surface area (Å²) < 4.78 is 0. The first kappa shape index (κ1) is 14.6. The van der Waals surface area contributed by atoms with E-state index in [2.05, 4.69) is 41.0 Å². The Labute approximate surface area is 127 Å². The van der Waals surface area contributed by atoms with Crippen LogP contribution in [0.25, 0.3) is 0 Å². The molecule has 2 N–H and O–H groups in total. The van der Waals surface area contributed by atoms with Crippen LogP contribution in [-0.2, 0) is 10.2 Å². The zero-order valence-corrected chi connectivity index (χ0v) is 12.7. The minimum atomic E-state index is 0.160. The molecule has 2 fully saturated rings. The molecule has 1 amide bonds. The Morgan fingerprint density at radius 3 is 2.62 bits per heavy atom. The summed E-state index contributed by atoms with van der Waals surface area (Å²) in [5.74, 6) is 0.400. The maximum atomic E-state index is 12.4. The molecule has 1 aromatic rings. The van der Waals surface area contributed by atoms with Gasteiger partial charge in [-0.2, -0.15) is 0 Å². The Hall–Kier alpha value is -1.35. The molecule has 1 saturated carbocycles. The predicted octanol–water partition coefficient (Wildman–Crippen LogP) is 2.61. The van der Waals surface area contributed by atoms with E-state index in [9.17, 15) is 4.79 Å². The van der Waals surface area contributed by atoms with Crippen LogP contribution in [0.4, 0.5) is 0 Å². The van der Waals surface area contributed by atoms with E-state index >= 15 is 0 Å².